The third-order valence-electron chi connectivity index (χ3n) is 5.49. The Morgan fingerprint density at radius 2 is 1.65 bits per heavy atom. The van der Waals surface area contributed by atoms with Crippen molar-refractivity contribution in [3.8, 4) is 0 Å². The minimum absolute atomic E-state index is 0.0810. The zero-order valence-corrected chi connectivity index (χ0v) is 15.4. The van der Waals surface area contributed by atoms with E-state index < -0.39 is 17.4 Å². The summed E-state index contributed by atoms with van der Waals surface area (Å²) in [6.45, 7) is 5.70. The lowest BCUT2D eigenvalue weighted by Gasteiger charge is -2.25. The molecule has 0 unspecified atom stereocenters. The molecule has 1 aromatic carbocycles. The zero-order valence-electron chi connectivity index (χ0n) is 15.4. The van der Waals surface area contributed by atoms with Crippen LogP contribution in [0.4, 0.5) is 0 Å². The first-order valence-electron chi connectivity index (χ1n) is 9.13. The first-order valence-corrected chi connectivity index (χ1v) is 9.13. The van der Waals surface area contributed by atoms with Crippen LogP contribution in [0.1, 0.15) is 39.2 Å². The average Bonchev–Trinajstić information content (AvgIpc) is 3.13. The van der Waals surface area contributed by atoms with Gasteiger partial charge >= 0.3 is 11.9 Å². The maximum Gasteiger partial charge on any atom is 0.323 e. The molecule has 0 N–H and O–H groups in total. The number of benzene rings is 1. The number of rotatable bonds is 5. The van der Waals surface area contributed by atoms with E-state index in [1.54, 1.807) is 13.8 Å². The van der Waals surface area contributed by atoms with Gasteiger partial charge < -0.3 is 9.47 Å². The van der Waals surface area contributed by atoms with E-state index in [1.165, 1.54) is 0 Å². The van der Waals surface area contributed by atoms with E-state index >= 15 is 0 Å². The fourth-order valence-corrected chi connectivity index (χ4v) is 4.21. The van der Waals surface area contributed by atoms with Crippen LogP contribution >= 0.6 is 0 Å². The molecule has 0 bridgehead atoms. The third kappa shape index (κ3) is 2.75. The van der Waals surface area contributed by atoms with Crippen LogP contribution in [0, 0.1) is 17.3 Å². The largest absolute Gasteiger partial charge is 0.465 e. The number of hydrogen-bond donors (Lipinski definition) is 0. The van der Waals surface area contributed by atoms with Crippen molar-refractivity contribution in [3.63, 3.8) is 0 Å². The summed E-state index contributed by atoms with van der Waals surface area (Å²) in [6.07, 6.45) is 0.457. The highest BCUT2D eigenvalue weighted by atomic mass is 16.6. The van der Waals surface area contributed by atoms with Gasteiger partial charge in [-0.1, -0.05) is 42.8 Å². The lowest BCUT2D eigenvalue weighted by atomic mass is 9.81. The minimum atomic E-state index is -1.35. The Morgan fingerprint density at radius 1 is 1.08 bits per heavy atom. The van der Waals surface area contributed by atoms with Crippen molar-refractivity contribution < 1.29 is 23.9 Å². The van der Waals surface area contributed by atoms with Crippen molar-refractivity contribution in [3.05, 3.63) is 41.5 Å². The third-order valence-corrected chi connectivity index (χ3v) is 5.49. The zero-order chi connectivity index (χ0) is 18.9. The predicted octanol–water partition coefficient (Wildman–Crippen LogP) is 3.18. The molecule has 1 fully saturated rings. The summed E-state index contributed by atoms with van der Waals surface area (Å²) in [5.41, 5.74) is 1.03. The van der Waals surface area contributed by atoms with Gasteiger partial charge in [-0.25, -0.2) is 0 Å². The summed E-state index contributed by atoms with van der Waals surface area (Å²) >= 11 is 0. The van der Waals surface area contributed by atoms with Crippen molar-refractivity contribution in [1.82, 2.24) is 0 Å². The molecule has 0 saturated heterocycles. The van der Waals surface area contributed by atoms with Gasteiger partial charge in [0.15, 0.2) is 11.2 Å². The summed E-state index contributed by atoms with van der Waals surface area (Å²) in [7, 11) is 0. The molecular weight excluding hydrogens is 332 g/mol. The Labute approximate surface area is 153 Å². The van der Waals surface area contributed by atoms with Crippen LogP contribution in [0.15, 0.2) is 35.9 Å². The first kappa shape index (κ1) is 18.4. The summed E-state index contributed by atoms with van der Waals surface area (Å²) in [6, 6.07) is 9.44. The molecule has 0 spiro atoms. The highest BCUT2D eigenvalue weighted by Crippen LogP contribution is 2.56. The molecule has 0 radical (unpaired) electrons. The molecule has 0 aromatic heterocycles. The number of ether oxygens (including phenoxy) is 2. The Morgan fingerprint density at radius 3 is 2.19 bits per heavy atom. The molecule has 26 heavy (non-hydrogen) atoms. The second-order valence-corrected chi connectivity index (χ2v) is 6.93. The van der Waals surface area contributed by atoms with Crippen LogP contribution in [-0.4, -0.2) is 30.9 Å². The number of hydrogen-bond acceptors (Lipinski definition) is 5. The molecule has 138 valence electrons. The molecule has 2 aliphatic carbocycles. The van der Waals surface area contributed by atoms with E-state index in [0.29, 0.717) is 5.57 Å². The van der Waals surface area contributed by atoms with Gasteiger partial charge in [0, 0.05) is 11.5 Å². The second kappa shape index (κ2) is 7.06. The van der Waals surface area contributed by atoms with Gasteiger partial charge in [-0.3, -0.25) is 14.4 Å². The Bertz CT molecular complexity index is 744. The molecular formula is C21H24O5. The summed E-state index contributed by atoms with van der Waals surface area (Å²) in [5, 5.41) is 0. The quantitative estimate of drug-likeness (QED) is 0.599. The predicted molar refractivity (Wildman–Crippen MR) is 96.0 cm³/mol. The normalized spacial score (nSPS) is 23.7. The fourth-order valence-electron chi connectivity index (χ4n) is 4.21. The SMILES string of the molecule is CCOC(=O)C1(C(=O)OCC)CC2=C(c3ccccc3)C(=O)[C@H](C)[C@@H]2C1. The van der Waals surface area contributed by atoms with E-state index in [4.69, 9.17) is 9.47 Å². The van der Waals surface area contributed by atoms with Gasteiger partial charge in [-0.2, -0.15) is 0 Å². The number of allylic oxidation sites excluding steroid dienone is 2. The number of esters is 2. The van der Waals surface area contributed by atoms with Crippen LogP contribution < -0.4 is 0 Å². The van der Waals surface area contributed by atoms with Crippen molar-refractivity contribution >= 4 is 23.3 Å². The number of fused-ring (bicyclic) bond motifs is 1. The van der Waals surface area contributed by atoms with Gasteiger partial charge in [0.05, 0.1) is 13.2 Å². The van der Waals surface area contributed by atoms with Gasteiger partial charge in [0.1, 0.15) is 0 Å². The lowest BCUT2D eigenvalue weighted by Crippen LogP contribution is -2.40. The topological polar surface area (TPSA) is 69.7 Å². The molecule has 0 aliphatic heterocycles. The van der Waals surface area contributed by atoms with E-state index in [9.17, 15) is 14.4 Å². The van der Waals surface area contributed by atoms with E-state index in [0.717, 1.165) is 11.1 Å². The van der Waals surface area contributed by atoms with Gasteiger partial charge in [0.25, 0.3) is 0 Å². The maximum absolute atomic E-state index is 12.8. The van der Waals surface area contributed by atoms with Crippen molar-refractivity contribution in [2.45, 2.75) is 33.6 Å². The number of ketones is 1. The summed E-state index contributed by atoms with van der Waals surface area (Å²) < 4.78 is 10.4. The van der Waals surface area contributed by atoms with Gasteiger partial charge in [-0.05, 0) is 38.2 Å². The summed E-state index contributed by atoms with van der Waals surface area (Å²) in [5.74, 6) is -1.41. The molecule has 3 rings (SSSR count). The fraction of sp³-hybridized carbons (Fsp3) is 0.476. The number of Topliss-reactive ketones (excluding diaryl/α,β-unsaturated/α-hetero) is 1. The first-order chi connectivity index (χ1) is 12.5. The molecule has 1 aromatic rings. The molecule has 2 atom stereocenters. The van der Waals surface area contributed by atoms with Crippen LogP contribution in [0.25, 0.3) is 5.57 Å². The average molecular weight is 356 g/mol. The number of carbonyl (C=O) groups excluding carboxylic acids is 3. The smallest absolute Gasteiger partial charge is 0.323 e. The maximum atomic E-state index is 12.8. The monoisotopic (exact) mass is 356 g/mol. The lowest BCUT2D eigenvalue weighted by molar-refractivity contribution is -0.172. The van der Waals surface area contributed by atoms with Crippen molar-refractivity contribution in [2.24, 2.45) is 17.3 Å². The van der Waals surface area contributed by atoms with E-state index in [-0.39, 0.29) is 43.7 Å². The molecule has 2 aliphatic rings. The molecule has 0 heterocycles. The minimum Gasteiger partial charge on any atom is -0.465 e. The van der Waals surface area contributed by atoms with Gasteiger partial charge in [0.2, 0.25) is 0 Å². The Balaban J connectivity index is 2.08. The van der Waals surface area contributed by atoms with E-state index in [1.807, 2.05) is 37.3 Å². The van der Waals surface area contributed by atoms with Crippen LogP contribution in [0.2, 0.25) is 0 Å². The Hall–Kier alpha value is -2.43. The van der Waals surface area contributed by atoms with Crippen LogP contribution in [0.5, 0.6) is 0 Å². The van der Waals surface area contributed by atoms with Crippen molar-refractivity contribution in [2.75, 3.05) is 13.2 Å². The highest BCUT2D eigenvalue weighted by Gasteiger charge is 2.60. The molecule has 5 heteroatoms. The van der Waals surface area contributed by atoms with Gasteiger partial charge in [-0.15, -0.1) is 0 Å². The number of carbonyl (C=O) groups is 3. The van der Waals surface area contributed by atoms with E-state index in [2.05, 4.69) is 0 Å². The standard InChI is InChI=1S/C21H24O5/c1-4-25-19(23)21(20(24)26-5-2)11-15-13(3)18(22)17(16(15)12-21)14-9-7-6-8-10-14/h6-10,13,15H,4-5,11-12H2,1-3H3/t13-,15+/m1/s1. The van der Waals surface area contributed by atoms with Crippen molar-refractivity contribution in [1.29, 1.82) is 0 Å². The molecule has 1 saturated carbocycles. The summed E-state index contributed by atoms with van der Waals surface area (Å²) in [4.78, 5) is 38.3. The van der Waals surface area contributed by atoms with Crippen LogP contribution in [-0.2, 0) is 23.9 Å². The molecule has 0 amide bonds. The second-order valence-electron chi connectivity index (χ2n) is 6.93. The van der Waals surface area contributed by atoms with Crippen LogP contribution in [0.3, 0.4) is 0 Å². The highest BCUT2D eigenvalue weighted by molar-refractivity contribution is 6.25. The Kier molecular flexibility index (Phi) is 4.99. The molecule has 5 nitrogen and oxygen atoms in total.